The van der Waals surface area contributed by atoms with Gasteiger partial charge in [0.2, 0.25) is 0 Å². The maximum Gasteiger partial charge on any atom is 0.335 e. The van der Waals surface area contributed by atoms with Crippen LogP contribution in [0.2, 0.25) is 0 Å². The number of benzene rings is 2. The Morgan fingerprint density at radius 1 is 0.968 bits per heavy atom. The zero-order valence-electron chi connectivity index (χ0n) is 16.3. The minimum atomic E-state index is -1.25. The molecular weight excluding hydrogens is 400 g/mol. The molecule has 1 aliphatic rings. The van der Waals surface area contributed by atoms with Crippen LogP contribution in [0.5, 0.6) is 0 Å². The van der Waals surface area contributed by atoms with Gasteiger partial charge in [-0.05, 0) is 55.5 Å². The van der Waals surface area contributed by atoms with Crippen molar-refractivity contribution in [3.63, 3.8) is 0 Å². The van der Waals surface area contributed by atoms with E-state index in [1.165, 1.54) is 17.1 Å². The molecular formula is C23H16N2O6. The first-order valence-corrected chi connectivity index (χ1v) is 9.22. The van der Waals surface area contributed by atoms with Crippen LogP contribution >= 0.6 is 0 Å². The lowest BCUT2D eigenvalue weighted by Gasteiger charge is -2.10. The van der Waals surface area contributed by atoms with Gasteiger partial charge in [0.25, 0.3) is 5.91 Å². The summed E-state index contributed by atoms with van der Waals surface area (Å²) in [5.41, 5.74) is 1.48. The Balaban J connectivity index is 1.67. The molecule has 0 spiro atoms. The van der Waals surface area contributed by atoms with Crippen molar-refractivity contribution in [2.75, 3.05) is 5.01 Å². The van der Waals surface area contributed by atoms with E-state index < -0.39 is 11.9 Å². The van der Waals surface area contributed by atoms with Crippen LogP contribution in [-0.4, -0.2) is 33.8 Å². The number of carboxylic acids is 2. The first-order valence-electron chi connectivity index (χ1n) is 9.22. The monoisotopic (exact) mass is 416 g/mol. The smallest absolute Gasteiger partial charge is 0.335 e. The number of carboxylic acid groups (broad SMARTS) is 2. The standard InChI is InChI=1S/C23H16N2O6/c1-13-19(21(26)25(24-13)17-5-3-2-4-6-17)12-18-7-8-20(31-18)14-9-15(22(27)28)11-16(10-14)23(29)30/h2-12H,1H3,(H,27,28)(H,29,30)/b19-12-. The molecule has 31 heavy (non-hydrogen) atoms. The van der Waals surface area contributed by atoms with Gasteiger partial charge < -0.3 is 14.6 Å². The molecule has 2 aromatic carbocycles. The van der Waals surface area contributed by atoms with Crippen molar-refractivity contribution < 1.29 is 29.0 Å². The van der Waals surface area contributed by atoms with Crippen LogP contribution in [0.1, 0.15) is 33.4 Å². The molecule has 3 aromatic rings. The predicted molar refractivity (Wildman–Crippen MR) is 113 cm³/mol. The summed E-state index contributed by atoms with van der Waals surface area (Å²) in [5.74, 6) is -2.18. The molecule has 8 heteroatoms. The van der Waals surface area contributed by atoms with Gasteiger partial charge in [0.05, 0.1) is 28.1 Å². The maximum absolute atomic E-state index is 12.8. The number of furan rings is 1. The summed E-state index contributed by atoms with van der Waals surface area (Å²) in [5, 5.41) is 24.1. The van der Waals surface area contributed by atoms with Crippen molar-refractivity contribution in [2.45, 2.75) is 6.92 Å². The van der Waals surface area contributed by atoms with E-state index >= 15 is 0 Å². The lowest BCUT2D eigenvalue weighted by atomic mass is 10.0. The minimum Gasteiger partial charge on any atom is -0.478 e. The second-order valence-corrected chi connectivity index (χ2v) is 6.81. The average Bonchev–Trinajstić information content (AvgIpc) is 3.34. The van der Waals surface area contributed by atoms with E-state index in [4.69, 9.17) is 4.42 Å². The van der Waals surface area contributed by atoms with E-state index in [0.29, 0.717) is 28.3 Å². The third kappa shape index (κ3) is 3.86. The fraction of sp³-hybridized carbons (Fsp3) is 0.0435. The van der Waals surface area contributed by atoms with Gasteiger partial charge in [0.1, 0.15) is 11.5 Å². The topological polar surface area (TPSA) is 120 Å². The first-order chi connectivity index (χ1) is 14.8. The molecule has 8 nitrogen and oxygen atoms in total. The number of aromatic carboxylic acids is 2. The molecule has 0 radical (unpaired) electrons. The van der Waals surface area contributed by atoms with Gasteiger partial charge in [-0.3, -0.25) is 4.79 Å². The largest absolute Gasteiger partial charge is 0.478 e. The quantitative estimate of drug-likeness (QED) is 0.603. The van der Waals surface area contributed by atoms with E-state index in [1.807, 2.05) is 18.2 Å². The summed E-state index contributed by atoms with van der Waals surface area (Å²) >= 11 is 0. The maximum atomic E-state index is 12.8. The number of carbonyl (C=O) groups is 3. The molecule has 4 rings (SSSR count). The van der Waals surface area contributed by atoms with Gasteiger partial charge in [-0.2, -0.15) is 10.1 Å². The van der Waals surface area contributed by atoms with Crippen LogP contribution in [0.4, 0.5) is 5.69 Å². The highest BCUT2D eigenvalue weighted by Gasteiger charge is 2.29. The van der Waals surface area contributed by atoms with E-state index in [1.54, 1.807) is 37.3 Å². The number of carbonyl (C=O) groups excluding carboxylic acids is 1. The Kier molecular flexibility index (Phi) is 4.96. The molecule has 1 aromatic heterocycles. The van der Waals surface area contributed by atoms with Gasteiger partial charge in [-0.1, -0.05) is 18.2 Å². The van der Waals surface area contributed by atoms with Gasteiger partial charge in [0, 0.05) is 5.56 Å². The number of hydrogen-bond donors (Lipinski definition) is 2. The van der Waals surface area contributed by atoms with Crippen molar-refractivity contribution >= 4 is 35.3 Å². The van der Waals surface area contributed by atoms with Crippen LogP contribution in [-0.2, 0) is 4.79 Å². The van der Waals surface area contributed by atoms with Crippen LogP contribution in [0, 0.1) is 0 Å². The third-order valence-corrected chi connectivity index (χ3v) is 4.69. The van der Waals surface area contributed by atoms with Crippen LogP contribution < -0.4 is 5.01 Å². The number of rotatable bonds is 5. The number of para-hydroxylation sites is 1. The molecule has 0 saturated heterocycles. The van der Waals surface area contributed by atoms with E-state index in [9.17, 15) is 24.6 Å². The van der Waals surface area contributed by atoms with E-state index in [-0.39, 0.29) is 22.8 Å². The number of amides is 1. The van der Waals surface area contributed by atoms with Crippen molar-refractivity contribution in [1.29, 1.82) is 0 Å². The number of hydrazone groups is 1. The second-order valence-electron chi connectivity index (χ2n) is 6.81. The van der Waals surface area contributed by atoms with Crippen molar-refractivity contribution in [3.8, 4) is 11.3 Å². The van der Waals surface area contributed by atoms with Crippen LogP contribution in [0.15, 0.2) is 75.8 Å². The SMILES string of the molecule is CC1=NN(c2ccccc2)C(=O)/C1=C\c1ccc(-c2cc(C(=O)O)cc(C(=O)O)c2)o1. The molecule has 0 unspecified atom stereocenters. The lowest BCUT2D eigenvalue weighted by Crippen LogP contribution is -2.21. The zero-order valence-corrected chi connectivity index (χ0v) is 16.3. The van der Waals surface area contributed by atoms with Gasteiger partial charge in [0.15, 0.2) is 0 Å². The summed E-state index contributed by atoms with van der Waals surface area (Å²) in [7, 11) is 0. The first kappa shape index (κ1) is 19.8. The highest BCUT2D eigenvalue weighted by atomic mass is 16.4. The minimum absolute atomic E-state index is 0.168. The summed E-state index contributed by atoms with van der Waals surface area (Å²) < 4.78 is 5.75. The summed E-state index contributed by atoms with van der Waals surface area (Å²) in [4.78, 5) is 35.5. The highest BCUT2D eigenvalue weighted by Crippen LogP contribution is 2.28. The molecule has 0 atom stereocenters. The molecule has 0 bridgehead atoms. The van der Waals surface area contributed by atoms with Crippen molar-refractivity contribution in [3.05, 3.63) is 83.1 Å². The fourth-order valence-corrected chi connectivity index (χ4v) is 3.17. The van der Waals surface area contributed by atoms with Crippen molar-refractivity contribution in [1.82, 2.24) is 0 Å². The molecule has 0 saturated carbocycles. The Morgan fingerprint density at radius 3 is 2.23 bits per heavy atom. The normalized spacial score (nSPS) is 14.7. The van der Waals surface area contributed by atoms with Crippen LogP contribution in [0.3, 0.4) is 0 Å². The Morgan fingerprint density at radius 2 is 1.61 bits per heavy atom. The Bertz CT molecular complexity index is 1240. The highest BCUT2D eigenvalue weighted by molar-refractivity contribution is 6.32. The van der Waals surface area contributed by atoms with Crippen molar-refractivity contribution in [2.24, 2.45) is 5.10 Å². The average molecular weight is 416 g/mol. The number of hydrogen-bond acceptors (Lipinski definition) is 5. The molecule has 1 amide bonds. The van der Waals surface area contributed by atoms with Crippen LogP contribution in [0.25, 0.3) is 17.4 Å². The van der Waals surface area contributed by atoms with Gasteiger partial charge >= 0.3 is 11.9 Å². The summed E-state index contributed by atoms with van der Waals surface area (Å²) in [6.45, 7) is 1.71. The molecule has 2 N–H and O–H groups in total. The van der Waals surface area contributed by atoms with Gasteiger partial charge in [-0.25, -0.2) is 9.59 Å². The molecule has 154 valence electrons. The molecule has 0 fully saturated rings. The molecule has 0 aliphatic carbocycles. The van der Waals surface area contributed by atoms with E-state index in [0.717, 1.165) is 6.07 Å². The Hall–Kier alpha value is -4.46. The summed E-state index contributed by atoms with van der Waals surface area (Å²) in [6, 6.07) is 15.9. The fourth-order valence-electron chi connectivity index (χ4n) is 3.17. The third-order valence-electron chi connectivity index (χ3n) is 4.69. The van der Waals surface area contributed by atoms with E-state index in [2.05, 4.69) is 5.10 Å². The lowest BCUT2D eigenvalue weighted by molar-refractivity contribution is -0.114. The number of anilines is 1. The summed E-state index contributed by atoms with van der Waals surface area (Å²) in [6.07, 6.45) is 1.55. The van der Waals surface area contributed by atoms with Gasteiger partial charge in [-0.15, -0.1) is 0 Å². The molecule has 1 aliphatic heterocycles. The molecule has 2 heterocycles. The second kappa shape index (κ2) is 7.75. The Labute approximate surface area is 176 Å². The zero-order chi connectivity index (χ0) is 22.1. The number of nitrogens with zero attached hydrogens (tertiary/aromatic N) is 2. The predicted octanol–water partition coefficient (Wildman–Crippen LogP) is 4.15.